The van der Waals surface area contributed by atoms with Gasteiger partial charge in [0.15, 0.2) is 0 Å². The van der Waals surface area contributed by atoms with E-state index in [1.807, 2.05) is 0 Å². The summed E-state index contributed by atoms with van der Waals surface area (Å²) in [4.78, 5) is 0. The van der Waals surface area contributed by atoms with Crippen LogP contribution in [0.3, 0.4) is 0 Å². The van der Waals surface area contributed by atoms with Crippen LogP contribution in [-0.2, 0) is 4.74 Å². The van der Waals surface area contributed by atoms with Gasteiger partial charge in [0.25, 0.3) is 0 Å². The van der Waals surface area contributed by atoms with Crippen molar-refractivity contribution in [2.45, 2.75) is 38.2 Å². The van der Waals surface area contributed by atoms with Crippen LogP contribution in [0.25, 0.3) is 0 Å². The van der Waals surface area contributed by atoms with Crippen LogP contribution in [0.4, 0.5) is 0 Å². The van der Waals surface area contributed by atoms with Crippen molar-refractivity contribution < 1.29 is 4.74 Å². The van der Waals surface area contributed by atoms with Crippen LogP contribution in [0.5, 0.6) is 0 Å². The maximum absolute atomic E-state index is 6.01. The summed E-state index contributed by atoms with van der Waals surface area (Å²) >= 11 is 2.06. The Morgan fingerprint density at radius 1 is 1.53 bits per heavy atom. The molecule has 2 aliphatic heterocycles. The third-order valence-corrected chi connectivity index (χ3v) is 4.74. The molecule has 2 aliphatic rings. The number of rotatable bonds is 4. The summed E-state index contributed by atoms with van der Waals surface area (Å²) in [6.07, 6.45) is 5.06. The van der Waals surface area contributed by atoms with Gasteiger partial charge < -0.3 is 10.1 Å². The van der Waals surface area contributed by atoms with Crippen molar-refractivity contribution in [3.63, 3.8) is 0 Å². The lowest BCUT2D eigenvalue weighted by molar-refractivity contribution is -0.0788. The lowest BCUT2D eigenvalue weighted by atomic mass is 9.85. The molecule has 0 aromatic heterocycles. The van der Waals surface area contributed by atoms with Crippen LogP contribution in [0, 0.1) is 5.92 Å². The Kier molecular flexibility index (Phi) is 4.35. The number of hydrogen-bond donors (Lipinski definition) is 1. The summed E-state index contributed by atoms with van der Waals surface area (Å²) in [6.45, 7) is 5.58. The first kappa shape index (κ1) is 11.7. The van der Waals surface area contributed by atoms with Crippen LogP contribution in [0.2, 0.25) is 0 Å². The van der Waals surface area contributed by atoms with Crippen LogP contribution >= 0.6 is 11.8 Å². The van der Waals surface area contributed by atoms with Gasteiger partial charge in [-0.1, -0.05) is 6.92 Å². The van der Waals surface area contributed by atoms with E-state index in [1.165, 1.54) is 50.3 Å². The predicted molar refractivity (Wildman–Crippen MR) is 66.5 cm³/mol. The highest BCUT2D eigenvalue weighted by Crippen LogP contribution is 2.40. The van der Waals surface area contributed by atoms with E-state index in [-0.39, 0.29) is 5.60 Å². The zero-order valence-electron chi connectivity index (χ0n) is 9.76. The highest BCUT2D eigenvalue weighted by molar-refractivity contribution is 7.99. The molecule has 0 saturated carbocycles. The van der Waals surface area contributed by atoms with E-state index < -0.39 is 0 Å². The summed E-state index contributed by atoms with van der Waals surface area (Å²) in [5.74, 6) is 3.39. The van der Waals surface area contributed by atoms with Gasteiger partial charge in [0.05, 0.1) is 5.60 Å². The minimum absolute atomic E-state index is 0.265. The molecular weight excluding hydrogens is 206 g/mol. The molecule has 1 spiro atoms. The molecule has 2 fully saturated rings. The first-order chi connectivity index (χ1) is 7.35. The second-order valence-electron chi connectivity index (χ2n) is 4.90. The van der Waals surface area contributed by atoms with Gasteiger partial charge >= 0.3 is 0 Å². The third kappa shape index (κ3) is 3.11. The van der Waals surface area contributed by atoms with E-state index in [2.05, 4.69) is 24.0 Å². The monoisotopic (exact) mass is 229 g/mol. The van der Waals surface area contributed by atoms with Gasteiger partial charge in [0.2, 0.25) is 0 Å². The predicted octanol–water partition coefficient (Wildman–Crippen LogP) is 2.29. The fourth-order valence-electron chi connectivity index (χ4n) is 2.65. The van der Waals surface area contributed by atoms with Crippen LogP contribution in [0.15, 0.2) is 0 Å². The van der Waals surface area contributed by atoms with Crippen LogP contribution in [0.1, 0.15) is 32.6 Å². The standard InChI is InChI=1S/C12H23NOS/c1-2-5-13-9-11-3-6-14-12(8-11)4-7-15-10-12/h11,13H,2-10H2,1H3. The highest BCUT2D eigenvalue weighted by Gasteiger charge is 2.40. The van der Waals surface area contributed by atoms with Crippen molar-refractivity contribution in [3.8, 4) is 0 Å². The zero-order chi connectivity index (χ0) is 10.6. The number of nitrogens with one attached hydrogen (secondary N) is 1. The topological polar surface area (TPSA) is 21.3 Å². The minimum Gasteiger partial charge on any atom is -0.374 e. The zero-order valence-corrected chi connectivity index (χ0v) is 10.6. The molecule has 2 heterocycles. The van der Waals surface area contributed by atoms with Crippen molar-refractivity contribution in [2.75, 3.05) is 31.2 Å². The molecule has 2 nitrogen and oxygen atoms in total. The normalized spacial score (nSPS) is 36.2. The fraction of sp³-hybridized carbons (Fsp3) is 1.00. The van der Waals surface area contributed by atoms with Gasteiger partial charge in [-0.15, -0.1) is 0 Å². The van der Waals surface area contributed by atoms with Crippen molar-refractivity contribution in [3.05, 3.63) is 0 Å². The molecule has 2 atom stereocenters. The maximum Gasteiger partial charge on any atom is 0.0783 e. The molecule has 0 aromatic carbocycles. The lowest BCUT2D eigenvalue weighted by Gasteiger charge is -2.37. The van der Waals surface area contributed by atoms with E-state index >= 15 is 0 Å². The molecule has 3 heteroatoms. The minimum atomic E-state index is 0.265. The number of ether oxygens (including phenoxy) is 1. The Bertz CT molecular complexity index is 192. The molecular formula is C12H23NOS. The fourth-order valence-corrected chi connectivity index (χ4v) is 4.03. The summed E-state index contributed by atoms with van der Waals surface area (Å²) in [6, 6.07) is 0. The van der Waals surface area contributed by atoms with Gasteiger partial charge in [-0.3, -0.25) is 0 Å². The van der Waals surface area contributed by atoms with E-state index in [0.717, 1.165) is 12.5 Å². The first-order valence-corrected chi connectivity index (χ1v) is 7.42. The third-order valence-electron chi connectivity index (χ3n) is 3.52. The van der Waals surface area contributed by atoms with Crippen molar-refractivity contribution in [1.29, 1.82) is 0 Å². The maximum atomic E-state index is 6.01. The molecule has 0 amide bonds. The first-order valence-electron chi connectivity index (χ1n) is 6.27. The van der Waals surface area contributed by atoms with E-state index in [4.69, 9.17) is 4.74 Å². The van der Waals surface area contributed by atoms with Gasteiger partial charge in [-0.25, -0.2) is 0 Å². The quantitative estimate of drug-likeness (QED) is 0.747. The molecule has 2 saturated heterocycles. The van der Waals surface area contributed by atoms with Gasteiger partial charge in [-0.05, 0) is 50.4 Å². The Hall–Kier alpha value is 0.270. The van der Waals surface area contributed by atoms with Gasteiger partial charge in [-0.2, -0.15) is 11.8 Å². The summed E-state index contributed by atoms with van der Waals surface area (Å²) in [7, 11) is 0. The molecule has 2 unspecified atom stereocenters. The Balaban J connectivity index is 1.76. The highest BCUT2D eigenvalue weighted by atomic mass is 32.2. The molecule has 0 aromatic rings. The van der Waals surface area contributed by atoms with Crippen LogP contribution in [-0.4, -0.2) is 36.8 Å². The molecule has 88 valence electrons. The average Bonchev–Trinajstić information content (AvgIpc) is 2.67. The Morgan fingerprint density at radius 2 is 2.47 bits per heavy atom. The summed E-state index contributed by atoms with van der Waals surface area (Å²) in [5, 5.41) is 3.55. The van der Waals surface area contributed by atoms with Crippen LogP contribution < -0.4 is 5.32 Å². The molecule has 2 rings (SSSR count). The van der Waals surface area contributed by atoms with E-state index in [9.17, 15) is 0 Å². The van der Waals surface area contributed by atoms with Crippen molar-refractivity contribution >= 4 is 11.8 Å². The SMILES string of the molecule is CCCNCC1CCOC2(CCSC2)C1. The second kappa shape index (κ2) is 5.55. The summed E-state index contributed by atoms with van der Waals surface area (Å²) in [5.41, 5.74) is 0.265. The van der Waals surface area contributed by atoms with Gasteiger partial charge in [0, 0.05) is 12.4 Å². The smallest absolute Gasteiger partial charge is 0.0783 e. The molecule has 15 heavy (non-hydrogen) atoms. The molecule has 0 bridgehead atoms. The number of hydrogen-bond acceptors (Lipinski definition) is 3. The second-order valence-corrected chi connectivity index (χ2v) is 6.00. The van der Waals surface area contributed by atoms with Gasteiger partial charge in [0.1, 0.15) is 0 Å². The van der Waals surface area contributed by atoms with Crippen molar-refractivity contribution in [2.24, 2.45) is 5.92 Å². The Morgan fingerprint density at radius 3 is 3.20 bits per heavy atom. The van der Waals surface area contributed by atoms with E-state index in [0.29, 0.717) is 0 Å². The summed E-state index contributed by atoms with van der Waals surface area (Å²) < 4.78 is 6.01. The number of thioether (sulfide) groups is 1. The average molecular weight is 229 g/mol. The van der Waals surface area contributed by atoms with Crippen molar-refractivity contribution in [1.82, 2.24) is 5.32 Å². The molecule has 0 aliphatic carbocycles. The lowest BCUT2D eigenvalue weighted by Crippen LogP contribution is -2.42. The molecule has 0 radical (unpaired) electrons. The molecule has 1 N–H and O–H groups in total. The van der Waals surface area contributed by atoms with E-state index in [1.54, 1.807) is 0 Å². The largest absolute Gasteiger partial charge is 0.374 e. The Labute approximate surface area is 97.5 Å².